The van der Waals surface area contributed by atoms with Crippen molar-refractivity contribution in [2.24, 2.45) is 11.8 Å². The van der Waals surface area contributed by atoms with Gasteiger partial charge >= 0.3 is 0 Å². The van der Waals surface area contributed by atoms with Crippen molar-refractivity contribution in [2.75, 3.05) is 19.8 Å². The lowest BCUT2D eigenvalue weighted by molar-refractivity contribution is 0.192. The Morgan fingerprint density at radius 1 is 1.30 bits per heavy atom. The van der Waals surface area contributed by atoms with Gasteiger partial charge < -0.3 is 15.2 Å². The minimum Gasteiger partial charge on any atom is -0.481 e. The Morgan fingerprint density at radius 2 is 2.10 bits per heavy atom. The van der Waals surface area contributed by atoms with Gasteiger partial charge in [0.2, 0.25) is 0 Å². The summed E-state index contributed by atoms with van der Waals surface area (Å²) in [4.78, 5) is 0. The van der Waals surface area contributed by atoms with E-state index < -0.39 is 0 Å². The van der Waals surface area contributed by atoms with E-state index in [0.29, 0.717) is 25.0 Å². The van der Waals surface area contributed by atoms with E-state index in [9.17, 15) is 5.11 Å². The Kier molecular flexibility index (Phi) is 5.91. The first kappa shape index (κ1) is 14.9. The minimum atomic E-state index is 0.298. The van der Waals surface area contributed by atoms with Gasteiger partial charge in [-0.1, -0.05) is 30.5 Å². The molecule has 0 radical (unpaired) electrons. The highest BCUT2D eigenvalue weighted by molar-refractivity contribution is 5.33. The molecule has 0 saturated heterocycles. The molecular weight excluding hydrogens is 250 g/mol. The first-order chi connectivity index (χ1) is 9.85. The summed E-state index contributed by atoms with van der Waals surface area (Å²) in [5, 5.41) is 12.8. The molecule has 0 spiro atoms. The van der Waals surface area contributed by atoms with E-state index in [4.69, 9.17) is 11.2 Å². The van der Waals surface area contributed by atoms with Crippen molar-refractivity contribution in [3.8, 4) is 18.1 Å². The molecule has 1 saturated carbocycles. The van der Waals surface area contributed by atoms with Crippen molar-refractivity contribution in [1.29, 1.82) is 0 Å². The normalized spacial score (nSPS) is 21.6. The van der Waals surface area contributed by atoms with Gasteiger partial charge in [-0.25, -0.2) is 0 Å². The second kappa shape index (κ2) is 7.94. The van der Waals surface area contributed by atoms with E-state index in [0.717, 1.165) is 30.8 Å². The average molecular weight is 273 g/mol. The SMILES string of the molecule is C#CCOc1ccccc1CNCC1CCCC1CO. The summed E-state index contributed by atoms with van der Waals surface area (Å²) in [6.45, 7) is 2.34. The summed E-state index contributed by atoms with van der Waals surface area (Å²) in [5.41, 5.74) is 1.13. The highest BCUT2D eigenvalue weighted by Gasteiger charge is 2.25. The zero-order chi connectivity index (χ0) is 14.2. The van der Waals surface area contributed by atoms with Crippen molar-refractivity contribution < 1.29 is 9.84 Å². The average Bonchev–Trinajstić information content (AvgIpc) is 2.94. The molecule has 2 rings (SSSR count). The molecule has 20 heavy (non-hydrogen) atoms. The predicted molar refractivity (Wildman–Crippen MR) is 80.4 cm³/mol. The monoisotopic (exact) mass is 273 g/mol. The lowest BCUT2D eigenvalue weighted by Crippen LogP contribution is -2.26. The largest absolute Gasteiger partial charge is 0.481 e. The van der Waals surface area contributed by atoms with E-state index in [1.807, 2.05) is 18.2 Å². The van der Waals surface area contributed by atoms with Crippen LogP contribution in [0.3, 0.4) is 0 Å². The smallest absolute Gasteiger partial charge is 0.148 e. The Hall–Kier alpha value is -1.50. The van der Waals surface area contributed by atoms with Crippen LogP contribution in [-0.2, 0) is 6.54 Å². The molecule has 3 heteroatoms. The Labute approximate surface area is 121 Å². The van der Waals surface area contributed by atoms with Crippen molar-refractivity contribution in [1.82, 2.24) is 5.32 Å². The Morgan fingerprint density at radius 3 is 2.90 bits per heavy atom. The molecule has 1 fully saturated rings. The summed E-state index contributed by atoms with van der Waals surface area (Å²) < 4.78 is 5.54. The predicted octanol–water partition coefficient (Wildman–Crippen LogP) is 2.20. The molecule has 108 valence electrons. The van der Waals surface area contributed by atoms with Crippen LogP contribution in [0.25, 0.3) is 0 Å². The number of para-hydroxylation sites is 1. The first-order valence-corrected chi connectivity index (χ1v) is 7.31. The molecule has 0 aliphatic heterocycles. The van der Waals surface area contributed by atoms with Crippen LogP contribution in [0.15, 0.2) is 24.3 Å². The van der Waals surface area contributed by atoms with Gasteiger partial charge in [0.25, 0.3) is 0 Å². The number of ether oxygens (including phenoxy) is 1. The maximum absolute atomic E-state index is 9.33. The molecule has 2 unspecified atom stereocenters. The Balaban J connectivity index is 1.83. The molecule has 0 amide bonds. The third-order valence-electron chi connectivity index (χ3n) is 4.06. The molecule has 0 bridgehead atoms. The number of hydrogen-bond donors (Lipinski definition) is 2. The van der Waals surface area contributed by atoms with Crippen LogP contribution in [0, 0.1) is 24.2 Å². The molecule has 0 heterocycles. The number of hydrogen-bond acceptors (Lipinski definition) is 3. The van der Waals surface area contributed by atoms with Crippen molar-refractivity contribution in [3.05, 3.63) is 29.8 Å². The van der Waals surface area contributed by atoms with Gasteiger partial charge in [0.15, 0.2) is 0 Å². The van der Waals surface area contributed by atoms with Crippen LogP contribution < -0.4 is 10.1 Å². The highest BCUT2D eigenvalue weighted by atomic mass is 16.5. The van der Waals surface area contributed by atoms with Gasteiger partial charge in [-0.15, -0.1) is 6.42 Å². The van der Waals surface area contributed by atoms with Crippen molar-refractivity contribution in [2.45, 2.75) is 25.8 Å². The van der Waals surface area contributed by atoms with Crippen LogP contribution in [0.5, 0.6) is 5.75 Å². The third-order valence-corrected chi connectivity index (χ3v) is 4.06. The summed E-state index contributed by atoms with van der Waals surface area (Å²) >= 11 is 0. The van der Waals surface area contributed by atoms with Gasteiger partial charge in [0, 0.05) is 18.7 Å². The van der Waals surface area contributed by atoms with Gasteiger partial charge in [-0.05, 0) is 37.3 Å². The maximum Gasteiger partial charge on any atom is 0.148 e. The van der Waals surface area contributed by atoms with Crippen LogP contribution in [0.1, 0.15) is 24.8 Å². The molecule has 1 aliphatic rings. The molecule has 3 nitrogen and oxygen atoms in total. The van der Waals surface area contributed by atoms with Gasteiger partial charge in [0.1, 0.15) is 12.4 Å². The van der Waals surface area contributed by atoms with Gasteiger partial charge in [-0.2, -0.15) is 0 Å². The van der Waals surface area contributed by atoms with Gasteiger partial charge in [-0.3, -0.25) is 0 Å². The van der Waals surface area contributed by atoms with Crippen molar-refractivity contribution in [3.63, 3.8) is 0 Å². The standard InChI is InChI=1S/C17H23NO2/c1-2-10-20-17-9-4-3-6-15(17)12-18-11-14-7-5-8-16(14)13-19/h1,3-4,6,9,14,16,18-19H,5,7-8,10-13H2. The number of rotatable bonds is 7. The minimum absolute atomic E-state index is 0.298. The van der Waals surface area contributed by atoms with E-state index in [-0.39, 0.29) is 0 Å². The number of terminal acetylenes is 1. The van der Waals surface area contributed by atoms with Crippen LogP contribution in [0.2, 0.25) is 0 Å². The Bertz CT molecular complexity index is 453. The fraction of sp³-hybridized carbons (Fsp3) is 0.529. The molecule has 1 aliphatic carbocycles. The molecular formula is C17H23NO2. The molecule has 2 atom stereocenters. The summed E-state index contributed by atoms with van der Waals surface area (Å²) in [5.74, 6) is 4.40. The molecule has 0 aromatic heterocycles. The maximum atomic E-state index is 9.33. The number of benzene rings is 1. The number of nitrogens with one attached hydrogen (secondary N) is 1. The summed E-state index contributed by atoms with van der Waals surface area (Å²) in [6, 6.07) is 7.96. The quantitative estimate of drug-likeness (QED) is 0.748. The highest BCUT2D eigenvalue weighted by Crippen LogP contribution is 2.30. The fourth-order valence-electron chi connectivity index (χ4n) is 2.93. The number of aliphatic hydroxyl groups is 1. The van der Waals surface area contributed by atoms with E-state index in [2.05, 4.69) is 17.3 Å². The van der Waals surface area contributed by atoms with Gasteiger partial charge in [0.05, 0.1) is 0 Å². The first-order valence-electron chi connectivity index (χ1n) is 7.31. The van der Waals surface area contributed by atoms with Crippen LogP contribution >= 0.6 is 0 Å². The van der Waals surface area contributed by atoms with Crippen LogP contribution in [-0.4, -0.2) is 24.9 Å². The summed E-state index contributed by atoms with van der Waals surface area (Å²) in [6.07, 6.45) is 8.83. The van der Waals surface area contributed by atoms with Crippen LogP contribution in [0.4, 0.5) is 0 Å². The third kappa shape index (κ3) is 4.00. The second-order valence-electron chi connectivity index (χ2n) is 5.37. The lowest BCUT2D eigenvalue weighted by atomic mass is 9.97. The van der Waals surface area contributed by atoms with E-state index in [1.54, 1.807) is 0 Å². The number of aliphatic hydroxyl groups excluding tert-OH is 1. The van der Waals surface area contributed by atoms with Crippen molar-refractivity contribution >= 4 is 0 Å². The fourth-order valence-corrected chi connectivity index (χ4v) is 2.93. The summed E-state index contributed by atoms with van der Waals surface area (Å²) in [7, 11) is 0. The lowest BCUT2D eigenvalue weighted by Gasteiger charge is -2.18. The molecule has 1 aromatic carbocycles. The zero-order valence-electron chi connectivity index (χ0n) is 11.8. The van der Waals surface area contributed by atoms with E-state index in [1.165, 1.54) is 12.8 Å². The van der Waals surface area contributed by atoms with E-state index >= 15 is 0 Å². The molecule has 1 aromatic rings. The zero-order valence-corrected chi connectivity index (χ0v) is 11.8. The molecule has 2 N–H and O–H groups in total. The second-order valence-corrected chi connectivity index (χ2v) is 5.37. The topological polar surface area (TPSA) is 41.5 Å².